The van der Waals surface area contributed by atoms with Gasteiger partial charge in [0.25, 0.3) is 0 Å². The van der Waals surface area contributed by atoms with Gasteiger partial charge in [0.1, 0.15) is 48.8 Å². The number of nitrogens with one attached hydrogen (secondary N) is 1. The number of hydrogen-bond acceptors (Lipinski definition) is 13. The van der Waals surface area contributed by atoms with Crippen LogP contribution < -0.4 is 5.32 Å². The van der Waals surface area contributed by atoms with E-state index in [0.717, 1.165) is 51.4 Å². The summed E-state index contributed by atoms with van der Waals surface area (Å²) in [6, 6.07) is -0.819. The molecule has 61 heavy (non-hydrogen) atoms. The summed E-state index contributed by atoms with van der Waals surface area (Å²) < 4.78 is 22.7. The van der Waals surface area contributed by atoms with Gasteiger partial charge >= 0.3 is 0 Å². The van der Waals surface area contributed by atoms with Crippen LogP contribution in [0.1, 0.15) is 200 Å². The van der Waals surface area contributed by atoms with Crippen molar-refractivity contribution in [2.45, 2.75) is 274 Å². The van der Waals surface area contributed by atoms with Gasteiger partial charge in [0.2, 0.25) is 5.91 Å². The number of unbranched alkanes of at least 4 members (excludes halogenated alkanes) is 25. The van der Waals surface area contributed by atoms with Crippen molar-refractivity contribution < 1.29 is 64.6 Å². The number of aliphatic hydroxyl groups excluding tert-OH is 8. The molecule has 2 heterocycles. The van der Waals surface area contributed by atoms with Crippen molar-refractivity contribution in [3.63, 3.8) is 0 Å². The maximum absolute atomic E-state index is 13.1. The average molecular weight is 878 g/mol. The summed E-state index contributed by atoms with van der Waals surface area (Å²) in [4.78, 5) is 13.1. The molecule has 12 unspecified atom stereocenters. The minimum atomic E-state index is -1.78. The van der Waals surface area contributed by atoms with Crippen molar-refractivity contribution in [2.24, 2.45) is 0 Å². The molecule has 362 valence electrons. The third kappa shape index (κ3) is 23.1. The molecule has 0 aromatic carbocycles. The Bertz CT molecular complexity index is 1040. The molecule has 2 aliphatic heterocycles. The Labute approximate surface area is 368 Å². The summed E-state index contributed by atoms with van der Waals surface area (Å²) in [6.07, 6.45) is 17.0. The molecule has 9 N–H and O–H groups in total. The van der Waals surface area contributed by atoms with Gasteiger partial charge in [0.15, 0.2) is 12.6 Å². The number of carbonyl (C=O) groups is 1. The molecule has 14 nitrogen and oxygen atoms in total. The van der Waals surface area contributed by atoms with Gasteiger partial charge in [-0.3, -0.25) is 4.79 Å². The van der Waals surface area contributed by atoms with E-state index in [1.54, 1.807) is 0 Å². The highest BCUT2D eigenvalue weighted by Crippen LogP contribution is 2.30. The molecule has 2 aliphatic rings. The lowest BCUT2D eigenvalue weighted by atomic mass is 9.97. The molecule has 12 atom stereocenters. The molecule has 0 aliphatic carbocycles. The predicted molar refractivity (Wildman–Crippen MR) is 236 cm³/mol. The molecule has 0 aromatic rings. The van der Waals surface area contributed by atoms with Crippen LogP contribution in [0.4, 0.5) is 0 Å². The molecular weight excluding hydrogens is 787 g/mol. The van der Waals surface area contributed by atoms with Crippen LogP contribution in [0.3, 0.4) is 0 Å². The van der Waals surface area contributed by atoms with E-state index in [9.17, 15) is 45.6 Å². The zero-order valence-electron chi connectivity index (χ0n) is 38.2. The molecule has 0 saturated carbocycles. The van der Waals surface area contributed by atoms with Gasteiger partial charge in [0.05, 0.1) is 32.0 Å². The van der Waals surface area contributed by atoms with Crippen LogP contribution in [0.15, 0.2) is 0 Å². The second-order valence-corrected chi connectivity index (χ2v) is 18.0. The summed E-state index contributed by atoms with van der Waals surface area (Å²) in [7, 11) is 0. The molecule has 14 heteroatoms. The van der Waals surface area contributed by atoms with Crippen molar-refractivity contribution in [1.82, 2.24) is 5.32 Å². The first-order valence-electron chi connectivity index (χ1n) is 24.8. The maximum Gasteiger partial charge on any atom is 0.220 e. The van der Waals surface area contributed by atoms with Crippen LogP contribution >= 0.6 is 0 Å². The molecule has 0 spiro atoms. The third-order valence-electron chi connectivity index (χ3n) is 12.6. The maximum atomic E-state index is 13.1. The van der Waals surface area contributed by atoms with Crippen LogP contribution in [-0.4, -0.2) is 140 Å². The average Bonchev–Trinajstić information content (AvgIpc) is 3.26. The number of rotatable bonds is 38. The molecule has 2 fully saturated rings. The van der Waals surface area contributed by atoms with Gasteiger partial charge in [-0.15, -0.1) is 0 Å². The lowest BCUT2D eigenvalue weighted by Gasteiger charge is -2.46. The number of aliphatic hydroxyl groups is 8. The van der Waals surface area contributed by atoms with E-state index in [1.807, 2.05) is 0 Å². The van der Waals surface area contributed by atoms with E-state index < -0.39 is 86.8 Å². The van der Waals surface area contributed by atoms with Gasteiger partial charge in [-0.25, -0.2) is 0 Å². The van der Waals surface area contributed by atoms with Crippen LogP contribution in [0.2, 0.25) is 0 Å². The largest absolute Gasteiger partial charge is 0.394 e. The fourth-order valence-corrected chi connectivity index (χ4v) is 8.47. The number of hydrogen-bond donors (Lipinski definition) is 9. The molecule has 2 saturated heterocycles. The second kappa shape index (κ2) is 35.3. The summed E-state index contributed by atoms with van der Waals surface area (Å²) >= 11 is 0. The van der Waals surface area contributed by atoms with E-state index in [2.05, 4.69) is 19.2 Å². The van der Waals surface area contributed by atoms with Crippen LogP contribution in [0, 0.1) is 0 Å². The molecule has 0 radical (unpaired) electrons. The quantitative estimate of drug-likeness (QED) is 0.0334. The van der Waals surface area contributed by atoms with Gasteiger partial charge < -0.3 is 65.1 Å². The minimum Gasteiger partial charge on any atom is -0.394 e. The zero-order valence-corrected chi connectivity index (χ0v) is 38.2. The van der Waals surface area contributed by atoms with Crippen molar-refractivity contribution in [2.75, 3.05) is 19.8 Å². The Morgan fingerprint density at radius 2 is 0.934 bits per heavy atom. The van der Waals surface area contributed by atoms with E-state index >= 15 is 0 Å². The Hall–Kier alpha value is -1.01. The van der Waals surface area contributed by atoms with E-state index in [1.165, 1.54) is 122 Å². The summed E-state index contributed by atoms with van der Waals surface area (Å²) in [5.74, 6) is -0.210. The van der Waals surface area contributed by atoms with E-state index in [-0.39, 0.29) is 12.5 Å². The Morgan fingerprint density at radius 1 is 0.525 bits per heavy atom. The highest BCUT2D eigenvalue weighted by Gasteiger charge is 2.51. The molecular formula is C47H91NO13. The molecule has 1 amide bonds. The number of ether oxygens (including phenoxy) is 4. The second-order valence-electron chi connectivity index (χ2n) is 18.0. The summed E-state index contributed by atoms with van der Waals surface area (Å²) in [5, 5.41) is 86.6. The number of carbonyl (C=O) groups excluding carboxylic acids is 1. The minimum absolute atomic E-state index is 0.210. The van der Waals surface area contributed by atoms with Crippen LogP contribution in [0.5, 0.6) is 0 Å². The lowest BCUT2D eigenvalue weighted by Crippen LogP contribution is -2.65. The topological polar surface area (TPSA) is 228 Å². The standard InChI is InChI=1S/C47H91NO13/c1-3-5-7-9-11-13-14-15-16-17-18-19-20-21-22-23-24-26-28-30-36(51)35(48-39(52)31-29-27-25-12-10-8-6-4-2)34-58-46-44(57)42(55)45(38(33-50)60-46)61-47-43(56)41(54)40(53)37(32-49)59-47/h35-38,40-47,49-51,53-57H,3-34H2,1-2H3,(H,48,52). The smallest absolute Gasteiger partial charge is 0.220 e. The van der Waals surface area contributed by atoms with Gasteiger partial charge in [0, 0.05) is 6.42 Å². The fraction of sp³-hybridized carbons (Fsp3) is 0.979. The fourth-order valence-electron chi connectivity index (χ4n) is 8.47. The van der Waals surface area contributed by atoms with Crippen molar-refractivity contribution in [1.29, 1.82) is 0 Å². The molecule has 0 aromatic heterocycles. The first-order valence-corrected chi connectivity index (χ1v) is 24.8. The molecule has 2 rings (SSSR count). The van der Waals surface area contributed by atoms with Gasteiger partial charge in [-0.1, -0.05) is 181 Å². The van der Waals surface area contributed by atoms with Crippen LogP contribution in [-0.2, 0) is 23.7 Å². The highest BCUT2D eigenvalue weighted by molar-refractivity contribution is 5.76. The van der Waals surface area contributed by atoms with Crippen molar-refractivity contribution >= 4 is 5.91 Å². The molecule has 0 bridgehead atoms. The van der Waals surface area contributed by atoms with Crippen molar-refractivity contribution in [3.8, 4) is 0 Å². The van der Waals surface area contributed by atoms with Crippen LogP contribution in [0.25, 0.3) is 0 Å². The number of amides is 1. The van der Waals surface area contributed by atoms with Gasteiger partial charge in [-0.2, -0.15) is 0 Å². The first-order chi connectivity index (χ1) is 29.6. The normalized spacial score (nSPS) is 27.9. The highest BCUT2D eigenvalue weighted by atomic mass is 16.7. The Morgan fingerprint density at radius 3 is 1.39 bits per heavy atom. The SMILES string of the molecule is CCCCCCCCCCCCCCCCCCCCCC(O)C(COC1OC(CO)C(OC2OC(CO)C(O)C(O)C2O)C(O)C1O)NC(=O)CCCCCCCCCC. The van der Waals surface area contributed by atoms with E-state index in [4.69, 9.17) is 18.9 Å². The summed E-state index contributed by atoms with van der Waals surface area (Å²) in [6.45, 7) is 2.82. The lowest BCUT2D eigenvalue weighted by molar-refractivity contribution is -0.359. The predicted octanol–water partition coefficient (Wildman–Crippen LogP) is 5.83. The third-order valence-corrected chi connectivity index (χ3v) is 12.6. The Balaban J connectivity index is 1.79. The van der Waals surface area contributed by atoms with Crippen molar-refractivity contribution in [3.05, 3.63) is 0 Å². The van der Waals surface area contributed by atoms with E-state index in [0.29, 0.717) is 12.8 Å². The Kier molecular flexibility index (Phi) is 32.5. The van der Waals surface area contributed by atoms with Gasteiger partial charge in [-0.05, 0) is 12.8 Å². The zero-order chi connectivity index (χ0) is 44.7. The summed E-state index contributed by atoms with van der Waals surface area (Å²) in [5.41, 5.74) is 0. The first kappa shape index (κ1) is 56.1. The monoisotopic (exact) mass is 878 g/mol.